The van der Waals surface area contributed by atoms with Crippen LogP contribution in [0.5, 0.6) is 0 Å². The molecule has 0 spiro atoms. The molecule has 0 bridgehead atoms. The van der Waals surface area contributed by atoms with Gasteiger partial charge in [0.05, 0.1) is 11.6 Å². The van der Waals surface area contributed by atoms with Crippen LogP contribution in [0.15, 0.2) is 24.3 Å². The largest absolute Gasteiger partial charge is 0.310 e. The Morgan fingerprint density at radius 1 is 1.57 bits per heavy atom. The topological polar surface area (TPSA) is 29.1 Å². The lowest BCUT2D eigenvalue weighted by atomic mass is 10.1. The Bertz CT molecular complexity index is 397. The van der Waals surface area contributed by atoms with Crippen molar-refractivity contribution >= 4 is 18.2 Å². The molecule has 0 fully saturated rings. The summed E-state index contributed by atoms with van der Waals surface area (Å²) in [6.07, 6.45) is 0. The third-order valence-electron chi connectivity index (χ3n) is 1.75. The van der Waals surface area contributed by atoms with E-state index in [0.29, 0.717) is 0 Å². The summed E-state index contributed by atoms with van der Waals surface area (Å²) in [5.74, 6) is -1.22. The normalized spacial score (nSPS) is 15.7. The molecular weight excluding hydrogens is 205 g/mol. The predicted molar refractivity (Wildman–Crippen MR) is 56.5 cm³/mol. The van der Waals surface area contributed by atoms with Crippen molar-refractivity contribution in [3.63, 3.8) is 0 Å². The second-order valence-electron chi connectivity index (χ2n) is 2.71. The van der Waals surface area contributed by atoms with E-state index in [2.05, 4.69) is 5.32 Å². The fourth-order valence-corrected chi connectivity index (χ4v) is 0.960. The number of hydrogen-bond donors (Lipinski definition) is 1. The molecule has 2 nitrogen and oxygen atoms in total. The van der Waals surface area contributed by atoms with Gasteiger partial charge in [-0.15, -0.1) is 12.4 Å². The summed E-state index contributed by atoms with van der Waals surface area (Å²) < 4.78 is 34.1. The van der Waals surface area contributed by atoms with E-state index in [4.69, 9.17) is 4.11 Å². The molecule has 1 unspecified atom stereocenters. The van der Waals surface area contributed by atoms with Crippen LogP contribution in [0.4, 0.5) is 4.39 Å². The number of rotatable bonds is 3. The van der Waals surface area contributed by atoms with Gasteiger partial charge in [0.2, 0.25) is 0 Å². The minimum absolute atomic E-state index is 0. The lowest BCUT2D eigenvalue weighted by Crippen LogP contribution is -2.31. The number of hydrogen-bond acceptors (Lipinski definition) is 2. The second kappa shape index (κ2) is 5.73. The molecule has 0 aliphatic rings. The summed E-state index contributed by atoms with van der Waals surface area (Å²) in [6, 6.07) is 4.53. The highest BCUT2D eigenvalue weighted by atomic mass is 35.5. The van der Waals surface area contributed by atoms with Crippen LogP contribution >= 0.6 is 12.4 Å². The molecule has 0 amide bonds. The first kappa shape index (κ1) is 8.38. The molecule has 78 valence electrons. The Morgan fingerprint density at radius 3 is 2.79 bits per heavy atom. The van der Waals surface area contributed by atoms with Gasteiger partial charge in [0.1, 0.15) is 5.82 Å². The molecule has 1 aromatic carbocycles. The van der Waals surface area contributed by atoms with E-state index >= 15 is 0 Å². The van der Waals surface area contributed by atoms with Crippen molar-refractivity contribution in [1.29, 1.82) is 0 Å². The van der Waals surface area contributed by atoms with Gasteiger partial charge < -0.3 is 5.32 Å². The van der Waals surface area contributed by atoms with E-state index in [1.807, 2.05) is 0 Å². The standard InChI is InChI=1S/C10H12FNO.ClH/c1-7(12-2)10(13)8-5-3-4-6-9(8)11;/h3-7,12H,1-2H3;1H/i2D3;. The summed E-state index contributed by atoms with van der Waals surface area (Å²) in [6.45, 7) is -1.03. The second-order valence-corrected chi connectivity index (χ2v) is 2.71. The van der Waals surface area contributed by atoms with Gasteiger partial charge in [-0.2, -0.15) is 0 Å². The summed E-state index contributed by atoms with van der Waals surface area (Å²) >= 11 is 0. The lowest BCUT2D eigenvalue weighted by molar-refractivity contribution is 0.0951. The molecule has 4 heteroatoms. The third-order valence-corrected chi connectivity index (χ3v) is 1.75. The zero-order chi connectivity index (χ0) is 12.3. The van der Waals surface area contributed by atoms with Crippen LogP contribution < -0.4 is 5.32 Å². The average molecular weight is 221 g/mol. The van der Waals surface area contributed by atoms with Crippen LogP contribution in [-0.2, 0) is 0 Å². The number of Topliss-reactive ketones (excluding diaryl/α,β-unsaturated/α-hetero) is 1. The van der Waals surface area contributed by atoms with Crippen molar-refractivity contribution < 1.29 is 13.3 Å². The van der Waals surface area contributed by atoms with Crippen LogP contribution in [0.25, 0.3) is 0 Å². The van der Waals surface area contributed by atoms with Gasteiger partial charge in [-0.05, 0) is 26.0 Å². The minimum Gasteiger partial charge on any atom is -0.310 e. The summed E-state index contributed by atoms with van der Waals surface area (Å²) in [5, 5.41) is 2.13. The molecule has 1 N–H and O–H groups in total. The number of ketones is 1. The maximum Gasteiger partial charge on any atom is 0.182 e. The Balaban J connectivity index is 0.00000256. The van der Waals surface area contributed by atoms with Gasteiger partial charge in [-0.25, -0.2) is 4.39 Å². The highest BCUT2D eigenvalue weighted by molar-refractivity contribution is 6.00. The Morgan fingerprint density at radius 2 is 2.21 bits per heavy atom. The first-order chi connectivity index (χ1) is 7.31. The average Bonchev–Trinajstić information content (AvgIpc) is 2.15. The fraction of sp³-hybridized carbons (Fsp3) is 0.300. The zero-order valence-corrected chi connectivity index (χ0v) is 8.40. The van der Waals surface area contributed by atoms with Gasteiger partial charge in [0, 0.05) is 4.11 Å². The first-order valence-corrected chi connectivity index (χ1v) is 3.88. The quantitative estimate of drug-likeness (QED) is 0.790. The van der Waals surface area contributed by atoms with Crippen LogP contribution in [0.1, 0.15) is 21.4 Å². The molecular formula is C10H13ClFNO. The van der Waals surface area contributed by atoms with Gasteiger partial charge in [-0.1, -0.05) is 12.1 Å². The van der Waals surface area contributed by atoms with Crippen LogP contribution in [-0.4, -0.2) is 18.8 Å². The van der Waals surface area contributed by atoms with E-state index in [1.165, 1.54) is 25.1 Å². The van der Waals surface area contributed by atoms with Crippen molar-refractivity contribution in [2.75, 3.05) is 6.98 Å². The van der Waals surface area contributed by atoms with Crippen molar-refractivity contribution in [2.24, 2.45) is 0 Å². The zero-order valence-electron chi connectivity index (χ0n) is 10.6. The SMILES string of the molecule is Cl.[2H]C([2H])([2H])NC(C)C(=O)c1ccccc1F. The fourth-order valence-electron chi connectivity index (χ4n) is 0.960. The molecule has 0 aromatic heterocycles. The number of benzene rings is 1. The minimum atomic E-state index is -2.42. The van der Waals surface area contributed by atoms with Gasteiger partial charge in [-0.3, -0.25) is 4.79 Å². The van der Waals surface area contributed by atoms with Crippen LogP contribution in [0.3, 0.4) is 0 Å². The van der Waals surface area contributed by atoms with E-state index < -0.39 is 24.6 Å². The number of likely N-dealkylation sites (N-methyl/N-ethyl adjacent to an activating group) is 1. The van der Waals surface area contributed by atoms with E-state index in [0.717, 1.165) is 6.07 Å². The molecule has 0 saturated heterocycles. The number of nitrogens with one attached hydrogen (secondary N) is 1. The molecule has 14 heavy (non-hydrogen) atoms. The summed E-state index contributed by atoms with van der Waals surface area (Å²) in [7, 11) is 0. The molecule has 1 aromatic rings. The molecule has 0 aliphatic carbocycles. The van der Waals surface area contributed by atoms with Crippen LogP contribution in [0.2, 0.25) is 0 Å². The highest BCUT2D eigenvalue weighted by Crippen LogP contribution is 2.08. The number of carbonyl (C=O) groups is 1. The molecule has 0 heterocycles. The van der Waals surface area contributed by atoms with E-state index in [-0.39, 0.29) is 18.0 Å². The molecule has 1 rings (SSSR count). The van der Waals surface area contributed by atoms with Crippen molar-refractivity contribution in [3.8, 4) is 0 Å². The van der Waals surface area contributed by atoms with E-state index in [1.54, 1.807) is 0 Å². The predicted octanol–water partition coefficient (Wildman–Crippen LogP) is 2.04. The molecule has 1 atom stereocenters. The monoisotopic (exact) mass is 220 g/mol. The van der Waals surface area contributed by atoms with Gasteiger partial charge >= 0.3 is 0 Å². The molecule has 0 radical (unpaired) electrons. The Labute approximate surface area is 93.1 Å². The summed E-state index contributed by atoms with van der Waals surface area (Å²) in [4.78, 5) is 11.7. The van der Waals surface area contributed by atoms with Crippen molar-refractivity contribution in [2.45, 2.75) is 13.0 Å². The first-order valence-electron chi connectivity index (χ1n) is 5.38. The summed E-state index contributed by atoms with van der Waals surface area (Å²) in [5.41, 5.74) is -0.105. The Hall–Kier alpha value is -0.930. The van der Waals surface area contributed by atoms with Crippen LogP contribution in [0, 0.1) is 5.82 Å². The van der Waals surface area contributed by atoms with Gasteiger partial charge in [0.15, 0.2) is 5.78 Å². The third kappa shape index (κ3) is 2.79. The van der Waals surface area contributed by atoms with Gasteiger partial charge in [0.25, 0.3) is 0 Å². The molecule has 0 saturated carbocycles. The highest BCUT2D eigenvalue weighted by Gasteiger charge is 2.15. The smallest absolute Gasteiger partial charge is 0.182 e. The van der Waals surface area contributed by atoms with Crippen molar-refractivity contribution in [3.05, 3.63) is 35.6 Å². The maximum atomic E-state index is 13.2. The number of halogens is 2. The molecule has 0 aliphatic heterocycles. The maximum absolute atomic E-state index is 13.2. The van der Waals surface area contributed by atoms with Crippen molar-refractivity contribution in [1.82, 2.24) is 5.32 Å². The van der Waals surface area contributed by atoms with E-state index in [9.17, 15) is 9.18 Å². The lowest BCUT2D eigenvalue weighted by Gasteiger charge is -2.08. The number of carbonyl (C=O) groups excluding carboxylic acids is 1. The Kier molecular flexibility index (Phi) is 3.43.